The molecular weight excluding hydrogens is 622 g/mol. The minimum absolute atomic E-state index is 0. The number of hydrogen-bond acceptors (Lipinski definition) is 6. The molecule has 14 heteroatoms. The van der Waals surface area contributed by atoms with Crippen LogP contribution in [0.1, 0.15) is 26.3 Å². The standard InChI is InChI=1S/C30H30ClF4N5O3.H2S/c1-4-24(41)38-11-17(3)39(12-16(38)2)28-21-10-22(31)25(20-6-5-18(32)9-23(20)33)27-26(21)40(29(42)36-28)19(14-43-27)13-37-8-7-30(34,35)15-37;/h4-6,9-10,16-17,19H,1,7-8,11-15H2,2-3H3;1H2/t16-,17+,19+;/m1./s1. The number of likely N-dealkylation sites (tertiary alicyclic amines) is 1. The van der Waals surface area contributed by atoms with E-state index in [4.69, 9.17) is 16.3 Å². The summed E-state index contributed by atoms with van der Waals surface area (Å²) >= 11 is 6.78. The van der Waals surface area contributed by atoms with E-state index in [2.05, 4.69) is 11.6 Å². The smallest absolute Gasteiger partial charge is 0.350 e. The maximum atomic E-state index is 15.1. The van der Waals surface area contributed by atoms with Crippen molar-refractivity contribution < 1.29 is 27.1 Å². The van der Waals surface area contributed by atoms with Gasteiger partial charge in [-0.15, -0.1) is 0 Å². The van der Waals surface area contributed by atoms with Gasteiger partial charge in [0.25, 0.3) is 5.92 Å². The van der Waals surface area contributed by atoms with Gasteiger partial charge in [0.2, 0.25) is 5.91 Å². The van der Waals surface area contributed by atoms with Crippen LogP contribution in [0.25, 0.3) is 22.0 Å². The lowest BCUT2D eigenvalue weighted by molar-refractivity contribution is -0.128. The molecule has 6 rings (SSSR count). The lowest BCUT2D eigenvalue weighted by atomic mass is 9.99. The van der Waals surface area contributed by atoms with Crippen LogP contribution in [0.4, 0.5) is 23.4 Å². The molecule has 1 amide bonds. The molecule has 1 aromatic heterocycles. The molecule has 0 unspecified atom stereocenters. The number of aromatic nitrogens is 2. The molecule has 3 atom stereocenters. The monoisotopic (exact) mass is 653 g/mol. The Hall–Kier alpha value is -3.29. The van der Waals surface area contributed by atoms with Crippen LogP contribution in [0, 0.1) is 11.6 Å². The Balaban J connectivity index is 0.00000384. The van der Waals surface area contributed by atoms with Crippen LogP contribution in [-0.2, 0) is 4.79 Å². The molecule has 2 aromatic carbocycles. The summed E-state index contributed by atoms with van der Waals surface area (Å²) in [6.45, 7) is 7.83. The fourth-order valence-electron chi connectivity index (χ4n) is 6.46. The highest BCUT2D eigenvalue weighted by Gasteiger charge is 2.41. The molecule has 0 saturated carbocycles. The van der Waals surface area contributed by atoms with Crippen LogP contribution in [-0.4, -0.2) is 82.6 Å². The predicted molar refractivity (Wildman–Crippen MR) is 165 cm³/mol. The third kappa shape index (κ3) is 5.54. The topological polar surface area (TPSA) is 70.9 Å². The Morgan fingerprint density at radius 1 is 1.20 bits per heavy atom. The maximum Gasteiger partial charge on any atom is 0.350 e. The molecule has 0 spiro atoms. The van der Waals surface area contributed by atoms with E-state index in [0.717, 1.165) is 12.1 Å². The van der Waals surface area contributed by atoms with Gasteiger partial charge in [0.15, 0.2) is 5.75 Å². The van der Waals surface area contributed by atoms with Crippen molar-refractivity contribution in [3.05, 3.63) is 64.1 Å². The van der Waals surface area contributed by atoms with E-state index in [0.29, 0.717) is 29.8 Å². The van der Waals surface area contributed by atoms with Crippen molar-refractivity contribution in [3.63, 3.8) is 0 Å². The Bertz CT molecular complexity index is 1710. The first-order valence-electron chi connectivity index (χ1n) is 14.1. The molecule has 3 aliphatic heterocycles. The van der Waals surface area contributed by atoms with Gasteiger partial charge in [0, 0.05) is 67.3 Å². The number of piperazine rings is 1. The normalized spacial score (nSPS) is 22.9. The van der Waals surface area contributed by atoms with Crippen LogP contribution in [0.3, 0.4) is 0 Å². The molecular formula is C30H32ClF4N5O3S. The summed E-state index contributed by atoms with van der Waals surface area (Å²) in [6.07, 6.45) is 0.980. The summed E-state index contributed by atoms with van der Waals surface area (Å²) in [5.74, 6) is -4.22. The first kappa shape index (κ1) is 32.1. The van der Waals surface area contributed by atoms with E-state index in [1.54, 1.807) is 15.9 Å². The Labute approximate surface area is 263 Å². The Kier molecular flexibility index (Phi) is 8.69. The van der Waals surface area contributed by atoms with Gasteiger partial charge in [0.05, 0.1) is 23.1 Å². The Morgan fingerprint density at radius 2 is 1.95 bits per heavy atom. The van der Waals surface area contributed by atoms with Gasteiger partial charge >= 0.3 is 5.69 Å². The van der Waals surface area contributed by atoms with Gasteiger partial charge in [-0.3, -0.25) is 14.3 Å². The molecule has 2 fully saturated rings. The van der Waals surface area contributed by atoms with E-state index in [1.165, 1.54) is 16.7 Å². The zero-order chi connectivity index (χ0) is 30.8. The molecule has 0 bridgehead atoms. The van der Waals surface area contributed by atoms with E-state index in [-0.39, 0.29) is 79.5 Å². The summed E-state index contributed by atoms with van der Waals surface area (Å²) < 4.78 is 64.5. The number of rotatable bonds is 5. The van der Waals surface area contributed by atoms with Crippen molar-refractivity contribution in [1.29, 1.82) is 0 Å². The zero-order valence-electron chi connectivity index (χ0n) is 24.1. The minimum atomic E-state index is -2.82. The molecule has 0 N–H and O–H groups in total. The average molecular weight is 654 g/mol. The number of alkyl halides is 2. The number of carbonyl (C=O) groups excluding carboxylic acids is 1. The number of carbonyl (C=O) groups is 1. The number of halogens is 5. The quantitative estimate of drug-likeness (QED) is 0.286. The molecule has 236 valence electrons. The number of amides is 1. The van der Waals surface area contributed by atoms with Crippen molar-refractivity contribution in [2.75, 3.05) is 44.2 Å². The van der Waals surface area contributed by atoms with Gasteiger partial charge in [-0.2, -0.15) is 18.5 Å². The molecule has 0 aliphatic carbocycles. The second kappa shape index (κ2) is 11.9. The second-order valence-electron chi connectivity index (χ2n) is 11.5. The van der Waals surface area contributed by atoms with E-state index in [1.807, 2.05) is 18.7 Å². The molecule has 3 aliphatic rings. The highest BCUT2D eigenvalue weighted by atomic mass is 35.5. The van der Waals surface area contributed by atoms with E-state index in [9.17, 15) is 22.8 Å². The van der Waals surface area contributed by atoms with E-state index >= 15 is 4.39 Å². The molecule has 4 heterocycles. The molecule has 3 aromatic rings. The fourth-order valence-corrected chi connectivity index (χ4v) is 6.76. The van der Waals surface area contributed by atoms with Gasteiger partial charge < -0.3 is 14.5 Å². The third-order valence-electron chi connectivity index (χ3n) is 8.52. The minimum Gasteiger partial charge on any atom is -0.488 e. The lowest BCUT2D eigenvalue weighted by Gasteiger charge is -2.45. The van der Waals surface area contributed by atoms with Gasteiger partial charge in [0.1, 0.15) is 24.1 Å². The van der Waals surface area contributed by atoms with Gasteiger partial charge in [-0.25, -0.2) is 22.4 Å². The number of hydrogen-bond donors (Lipinski definition) is 0. The lowest BCUT2D eigenvalue weighted by Crippen LogP contribution is -2.58. The van der Waals surface area contributed by atoms with Crippen LogP contribution < -0.4 is 15.3 Å². The van der Waals surface area contributed by atoms with Crippen molar-refractivity contribution >= 4 is 47.7 Å². The first-order chi connectivity index (χ1) is 20.4. The SMILES string of the molecule is C=CC(=O)N1C[C@H](C)N(c2nc(=O)n3c4c(c(-c5ccc(F)cc5F)c(Cl)cc24)OC[C@@H]3CN2CCC(F)(F)C2)C[C@H]1C.S. The largest absolute Gasteiger partial charge is 0.488 e. The number of anilines is 1. The van der Waals surface area contributed by atoms with Crippen LogP contribution in [0.2, 0.25) is 5.02 Å². The van der Waals surface area contributed by atoms with Crippen LogP contribution >= 0.6 is 25.1 Å². The highest BCUT2D eigenvalue weighted by molar-refractivity contribution is 7.59. The zero-order valence-corrected chi connectivity index (χ0v) is 25.9. The fraction of sp³-hybridized carbons (Fsp3) is 0.433. The van der Waals surface area contributed by atoms with Crippen molar-refractivity contribution in [2.24, 2.45) is 0 Å². The summed E-state index contributed by atoms with van der Waals surface area (Å²) in [7, 11) is 0. The number of ether oxygens (including phenoxy) is 1. The van der Waals surface area contributed by atoms with Crippen molar-refractivity contribution in [2.45, 2.75) is 44.3 Å². The highest BCUT2D eigenvalue weighted by Crippen LogP contribution is 2.47. The molecule has 8 nitrogen and oxygen atoms in total. The summed E-state index contributed by atoms with van der Waals surface area (Å²) in [4.78, 5) is 36.0. The summed E-state index contributed by atoms with van der Waals surface area (Å²) in [5, 5.41) is 0.546. The molecule has 2 saturated heterocycles. The molecule has 0 radical (unpaired) electrons. The first-order valence-corrected chi connectivity index (χ1v) is 14.4. The van der Waals surface area contributed by atoms with Crippen LogP contribution in [0.5, 0.6) is 5.75 Å². The summed E-state index contributed by atoms with van der Waals surface area (Å²) in [6, 6.07) is 3.50. The second-order valence-corrected chi connectivity index (χ2v) is 11.9. The van der Waals surface area contributed by atoms with Crippen molar-refractivity contribution in [3.8, 4) is 16.9 Å². The van der Waals surface area contributed by atoms with E-state index < -0.39 is 35.8 Å². The maximum absolute atomic E-state index is 15.1. The van der Waals surface area contributed by atoms with Gasteiger partial charge in [-0.05, 0) is 38.1 Å². The Morgan fingerprint density at radius 3 is 2.61 bits per heavy atom. The summed E-state index contributed by atoms with van der Waals surface area (Å²) in [5.41, 5.74) is -0.201. The molecule has 44 heavy (non-hydrogen) atoms. The van der Waals surface area contributed by atoms with Crippen LogP contribution in [0.15, 0.2) is 41.7 Å². The number of benzene rings is 2. The third-order valence-corrected chi connectivity index (χ3v) is 8.81. The predicted octanol–water partition coefficient (Wildman–Crippen LogP) is 4.99. The average Bonchev–Trinajstić information content (AvgIpc) is 3.30. The van der Waals surface area contributed by atoms with Crippen molar-refractivity contribution in [1.82, 2.24) is 19.4 Å². The van der Waals surface area contributed by atoms with Gasteiger partial charge in [-0.1, -0.05) is 18.2 Å². The number of nitrogens with zero attached hydrogens (tertiary/aromatic N) is 5.